The first-order chi connectivity index (χ1) is 11.1. The van der Waals surface area contributed by atoms with Crippen molar-refractivity contribution in [1.82, 2.24) is 14.8 Å². The molecule has 120 valence electrons. The SMILES string of the molecule is CN1CCN(C(=O)c2ccc3c(Cl)c4c(nc3c2)CCC4)CC1. The number of carbonyl (C=O) groups excluding carboxylic acids is 1. The van der Waals surface area contributed by atoms with E-state index in [1.165, 1.54) is 5.56 Å². The molecule has 0 N–H and O–H groups in total. The fourth-order valence-electron chi connectivity index (χ4n) is 3.53. The summed E-state index contributed by atoms with van der Waals surface area (Å²) in [6.45, 7) is 3.42. The molecule has 1 aliphatic carbocycles. The van der Waals surface area contributed by atoms with Gasteiger partial charge in [0, 0.05) is 42.8 Å². The smallest absolute Gasteiger partial charge is 0.254 e. The maximum atomic E-state index is 12.7. The quantitative estimate of drug-likeness (QED) is 0.807. The van der Waals surface area contributed by atoms with Gasteiger partial charge in [-0.1, -0.05) is 17.7 Å². The van der Waals surface area contributed by atoms with Crippen LogP contribution in [-0.2, 0) is 12.8 Å². The van der Waals surface area contributed by atoms with Crippen LogP contribution in [0.5, 0.6) is 0 Å². The maximum absolute atomic E-state index is 12.7. The van der Waals surface area contributed by atoms with E-state index in [0.29, 0.717) is 5.56 Å². The Morgan fingerprint density at radius 2 is 1.96 bits per heavy atom. The van der Waals surface area contributed by atoms with Crippen LogP contribution in [0.1, 0.15) is 28.0 Å². The summed E-state index contributed by atoms with van der Waals surface area (Å²) < 4.78 is 0. The largest absolute Gasteiger partial charge is 0.336 e. The van der Waals surface area contributed by atoms with Crippen LogP contribution < -0.4 is 0 Å². The second-order valence-electron chi connectivity index (χ2n) is 6.53. The first-order valence-corrected chi connectivity index (χ1v) is 8.60. The monoisotopic (exact) mass is 329 g/mol. The van der Waals surface area contributed by atoms with Crippen molar-refractivity contribution in [2.24, 2.45) is 0 Å². The van der Waals surface area contributed by atoms with Crippen LogP contribution in [0.2, 0.25) is 5.02 Å². The van der Waals surface area contributed by atoms with Crippen LogP contribution >= 0.6 is 11.6 Å². The summed E-state index contributed by atoms with van der Waals surface area (Å²) in [5.74, 6) is 0.0958. The standard InChI is InChI=1S/C18H20ClN3O/c1-21-7-9-22(10-8-21)18(23)12-5-6-14-16(11-12)20-15-4-2-3-13(15)17(14)19/h5-6,11H,2-4,7-10H2,1H3. The number of carbonyl (C=O) groups is 1. The summed E-state index contributed by atoms with van der Waals surface area (Å²) in [6.07, 6.45) is 3.12. The maximum Gasteiger partial charge on any atom is 0.254 e. The van der Waals surface area contributed by atoms with E-state index in [-0.39, 0.29) is 5.91 Å². The molecule has 1 aromatic heterocycles. The molecule has 0 unspecified atom stereocenters. The van der Waals surface area contributed by atoms with E-state index in [2.05, 4.69) is 11.9 Å². The van der Waals surface area contributed by atoms with Gasteiger partial charge in [0.1, 0.15) is 0 Å². The highest BCUT2D eigenvalue weighted by Gasteiger charge is 2.22. The number of pyridine rings is 1. The van der Waals surface area contributed by atoms with Crippen molar-refractivity contribution in [3.05, 3.63) is 40.0 Å². The van der Waals surface area contributed by atoms with E-state index in [0.717, 1.165) is 67.1 Å². The summed E-state index contributed by atoms with van der Waals surface area (Å²) in [6, 6.07) is 5.74. The summed E-state index contributed by atoms with van der Waals surface area (Å²) in [5.41, 5.74) is 3.85. The average molecular weight is 330 g/mol. The minimum atomic E-state index is 0.0958. The number of rotatable bonds is 1. The van der Waals surface area contributed by atoms with Gasteiger partial charge in [-0.2, -0.15) is 0 Å². The number of benzene rings is 1. The highest BCUT2D eigenvalue weighted by atomic mass is 35.5. The number of piperazine rings is 1. The average Bonchev–Trinajstić information content (AvgIpc) is 3.03. The van der Waals surface area contributed by atoms with Gasteiger partial charge in [0.25, 0.3) is 5.91 Å². The normalized spacial score (nSPS) is 18.4. The number of aryl methyl sites for hydroxylation is 1. The molecule has 2 heterocycles. The predicted octanol–water partition coefficient (Wildman–Crippen LogP) is 2.76. The Labute approximate surface area is 141 Å². The number of halogens is 1. The molecule has 0 bridgehead atoms. The van der Waals surface area contributed by atoms with Gasteiger partial charge in [-0.25, -0.2) is 0 Å². The zero-order chi connectivity index (χ0) is 16.0. The Kier molecular flexibility index (Phi) is 3.74. The van der Waals surface area contributed by atoms with E-state index < -0.39 is 0 Å². The molecule has 1 aromatic carbocycles. The molecular formula is C18H20ClN3O. The van der Waals surface area contributed by atoms with Crippen LogP contribution in [0.4, 0.5) is 0 Å². The van der Waals surface area contributed by atoms with Gasteiger partial charge in [0.15, 0.2) is 0 Å². The number of nitrogens with zero attached hydrogens (tertiary/aromatic N) is 3. The predicted molar refractivity (Wildman–Crippen MR) is 92.2 cm³/mol. The Balaban J connectivity index is 1.69. The highest BCUT2D eigenvalue weighted by Crippen LogP contribution is 2.33. The Hall–Kier alpha value is -1.65. The number of fused-ring (bicyclic) bond motifs is 2. The van der Waals surface area contributed by atoms with Crippen molar-refractivity contribution < 1.29 is 4.79 Å². The van der Waals surface area contributed by atoms with Gasteiger partial charge < -0.3 is 9.80 Å². The van der Waals surface area contributed by atoms with E-state index in [9.17, 15) is 4.79 Å². The van der Waals surface area contributed by atoms with E-state index in [4.69, 9.17) is 16.6 Å². The number of likely N-dealkylation sites (N-methyl/N-ethyl adjacent to an activating group) is 1. The van der Waals surface area contributed by atoms with Crippen molar-refractivity contribution in [2.75, 3.05) is 33.2 Å². The molecule has 5 heteroatoms. The van der Waals surface area contributed by atoms with Crippen LogP contribution in [0.25, 0.3) is 10.9 Å². The molecule has 1 saturated heterocycles. The van der Waals surface area contributed by atoms with Crippen molar-refractivity contribution in [3.8, 4) is 0 Å². The highest BCUT2D eigenvalue weighted by molar-refractivity contribution is 6.36. The third-order valence-corrected chi connectivity index (χ3v) is 5.41. The molecule has 0 radical (unpaired) electrons. The third kappa shape index (κ3) is 2.60. The van der Waals surface area contributed by atoms with Crippen LogP contribution in [-0.4, -0.2) is 53.9 Å². The lowest BCUT2D eigenvalue weighted by molar-refractivity contribution is 0.0664. The Morgan fingerprint density at radius 3 is 2.74 bits per heavy atom. The lowest BCUT2D eigenvalue weighted by atomic mass is 10.1. The summed E-state index contributed by atoms with van der Waals surface area (Å²) in [5, 5.41) is 1.78. The molecule has 2 aromatic rings. The Morgan fingerprint density at radius 1 is 1.17 bits per heavy atom. The fraction of sp³-hybridized carbons (Fsp3) is 0.444. The molecule has 1 fully saturated rings. The van der Waals surface area contributed by atoms with Crippen molar-refractivity contribution in [1.29, 1.82) is 0 Å². The van der Waals surface area contributed by atoms with Gasteiger partial charge >= 0.3 is 0 Å². The van der Waals surface area contributed by atoms with E-state index >= 15 is 0 Å². The summed E-state index contributed by atoms with van der Waals surface area (Å²) >= 11 is 6.54. The number of hydrogen-bond acceptors (Lipinski definition) is 3. The molecular weight excluding hydrogens is 310 g/mol. The number of aromatic nitrogens is 1. The van der Waals surface area contributed by atoms with E-state index in [1.54, 1.807) is 0 Å². The minimum Gasteiger partial charge on any atom is -0.336 e. The molecule has 1 aliphatic heterocycles. The fourth-order valence-corrected chi connectivity index (χ4v) is 3.89. The van der Waals surface area contributed by atoms with Gasteiger partial charge in [-0.05, 0) is 44.0 Å². The van der Waals surface area contributed by atoms with Crippen LogP contribution in [0.15, 0.2) is 18.2 Å². The molecule has 0 saturated carbocycles. The van der Waals surface area contributed by atoms with Gasteiger partial charge in [0.2, 0.25) is 0 Å². The van der Waals surface area contributed by atoms with Crippen molar-refractivity contribution in [2.45, 2.75) is 19.3 Å². The second kappa shape index (κ2) is 5.77. The molecule has 2 aliphatic rings. The summed E-state index contributed by atoms with van der Waals surface area (Å²) in [7, 11) is 2.09. The molecule has 23 heavy (non-hydrogen) atoms. The zero-order valence-electron chi connectivity index (χ0n) is 13.3. The number of hydrogen-bond donors (Lipinski definition) is 0. The molecule has 0 atom stereocenters. The first-order valence-electron chi connectivity index (χ1n) is 8.22. The van der Waals surface area contributed by atoms with Gasteiger partial charge in [0.05, 0.1) is 10.5 Å². The van der Waals surface area contributed by atoms with Gasteiger partial charge in [-0.15, -0.1) is 0 Å². The third-order valence-electron chi connectivity index (χ3n) is 4.98. The lowest BCUT2D eigenvalue weighted by Gasteiger charge is -2.32. The van der Waals surface area contributed by atoms with Crippen LogP contribution in [0.3, 0.4) is 0 Å². The molecule has 4 rings (SSSR count). The first kappa shape index (κ1) is 14.9. The lowest BCUT2D eigenvalue weighted by Crippen LogP contribution is -2.47. The minimum absolute atomic E-state index is 0.0958. The molecule has 4 nitrogen and oxygen atoms in total. The van der Waals surface area contributed by atoms with Crippen molar-refractivity contribution in [3.63, 3.8) is 0 Å². The van der Waals surface area contributed by atoms with E-state index in [1.807, 2.05) is 23.1 Å². The zero-order valence-corrected chi connectivity index (χ0v) is 14.1. The van der Waals surface area contributed by atoms with Gasteiger partial charge in [-0.3, -0.25) is 9.78 Å². The number of amides is 1. The molecule has 0 spiro atoms. The topological polar surface area (TPSA) is 36.4 Å². The Bertz CT molecular complexity index is 781. The molecule has 1 amide bonds. The summed E-state index contributed by atoms with van der Waals surface area (Å²) in [4.78, 5) is 21.6. The van der Waals surface area contributed by atoms with Crippen LogP contribution in [0, 0.1) is 0 Å². The second-order valence-corrected chi connectivity index (χ2v) is 6.91. The van der Waals surface area contributed by atoms with Crippen molar-refractivity contribution >= 4 is 28.4 Å².